The van der Waals surface area contributed by atoms with E-state index >= 15 is 0 Å². The van der Waals surface area contributed by atoms with Crippen LogP contribution in [0.5, 0.6) is 5.75 Å². The Labute approximate surface area is 129 Å². The third-order valence-corrected chi connectivity index (χ3v) is 3.21. The largest absolute Gasteiger partial charge is 0.492 e. The quantitative estimate of drug-likeness (QED) is 0.441. The van der Waals surface area contributed by atoms with Crippen LogP contribution < -0.4 is 4.74 Å². The summed E-state index contributed by atoms with van der Waals surface area (Å²) >= 11 is 0. The first-order chi connectivity index (χ1) is 8.99. The van der Waals surface area contributed by atoms with Gasteiger partial charge in [0.05, 0.1) is 12.1 Å². The van der Waals surface area contributed by atoms with Crippen molar-refractivity contribution in [3.05, 3.63) is 11.6 Å². The van der Waals surface area contributed by atoms with E-state index in [4.69, 9.17) is 4.74 Å². The van der Waals surface area contributed by atoms with Crippen molar-refractivity contribution < 1.29 is 44.9 Å². The summed E-state index contributed by atoms with van der Waals surface area (Å²) in [6.45, 7) is 1.78. The number of H-pyrrole nitrogens is 1. The molecule has 0 saturated carbocycles. The minimum atomic E-state index is -4.59. The van der Waals surface area contributed by atoms with Crippen LogP contribution in [0, 0.1) is 0 Å². The summed E-state index contributed by atoms with van der Waals surface area (Å²) in [5.74, 6) is 1.37. The predicted octanol–water partition coefficient (Wildman–Crippen LogP) is 0.446. The molecule has 0 aliphatic heterocycles. The summed E-state index contributed by atoms with van der Waals surface area (Å²) in [6, 6.07) is 1.43. The molecule has 2 rings (SSSR count). The topological polar surface area (TPSA) is 122 Å². The fourth-order valence-electron chi connectivity index (χ4n) is 1.67. The Morgan fingerprint density at radius 2 is 2.25 bits per heavy atom. The van der Waals surface area contributed by atoms with E-state index in [-0.39, 0.29) is 51.3 Å². The van der Waals surface area contributed by atoms with Crippen molar-refractivity contribution in [3.8, 4) is 5.75 Å². The standard InChI is InChI=1S/C10H9N3O5S.Ag/c1-2-18-9-6(3-4-14)5-7-8(12-13-11-7)10(9)19(15,16)17;/h3,5H,2H2,1H3,(H,11,12,13)(H,15,16,17);. The average Bonchev–Trinajstić information content (AvgIpc) is 2.75. The minimum Gasteiger partial charge on any atom is -0.492 e. The van der Waals surface area contributed by atoms with E-state index < -0.39 is 15.0 Å². The summed E-state index contributed by atoms with van der Waals surface area (Å²) < 4.78 is 37.5. The van der Waals surface area contributed by atoms with Crippen molar-refractivity contribution in [2.75, 3.05) is 6.61 Å². The smallest absolute Gasteiger partial charge is 0.300 e. The molecule has 2 aromatic rings. The van der Waals surface area contributed by atoms with Crippen molar-refractivity contribution in [2.24, 2.45) is 0 Å². The number of nitrogens with zero attached hydrogens (tertiary/aromatic N) is 2. The van der Waals surface area contributed by atoms with Crippen LogP contribution in [0.2, 0.25) is 0 Å². The molecule has 0 aliphatic carbocycles. The molecule has 0 amide bonds. The van der Waals surface area contributed by atoms with Gasteiger partial charge in [-0.05, 0) is 13.0 Å². The van der Waals surface area contributed by atoms with Gasteiger partial charge in [0.25, 0.3) is 0 Å². The molecule has 0 spiro atoms. The number of hydrogen-bond donors (Lipinski definition) is 2. The number of benzene rings is 1. The molecule has 0 aliphatic rings. The third kappa shape index (κ3) is 2.98. The molecular weight excluding hydrogens is 382 g/mol. The van der Waals surface area contributed by atoms with Gasteiger partial charge in [0.2, 0.25) is 0 Å². The Morgan fingerprint density at radius 3 is 2.80 bits per heavy atom. The normalized spacial score (nSPS) is 10.7. The van der Waals surface area contributed by atoms with Gasteiger partial charge in [-0.1, -0.05) is 5.21 Å². The molecule has 0 saturated heterocycles. The van der Waals surface area contributed by atoms with E-state index in [1.54, 1.807) is 6.92 Å². The van der Waals surface area contributed by atoms with E-state index in [1.165, 1.54) is 12.0 Å². The number of aromatic nitrogens is 3. The predicted molar refractivity (Wildman–Crippen MR) is 65.0 cm³/mol. The Balaban J connectivity index is 0.00000200. The molecule has 0 fully saturated rings. The Morgan fingerprint density at radius 1 is 1.55 bits per heavy atom. The first-order valence-corrected chi connectivity index (χ1v) is 6.62. The number of hydrogen-bond acceptors (Lipinski definition) is 6. The van der Waals surface area contributed by atoms with Gasteiger partial charge in [-0.3, -0.25) is 9.65 Å². The first-order valence-electron chi connectivity index (χ1n) is 5.18. The van der Waals surface area contributed by atoms with Crippen LogP contribution in [0.15, 0.2) is 11.0 Å². The van der Waals surface area contributed by atoms with Crippen molar-refractivity contribution in [3.63, 3.8) is 0 Å². The van der Waals surface area contributed by atoms with Gasteiger partial charge in [0, 0.05) is 34.0 Å². The molecule has 20 heavy (non-hydrogen) atoms. The summed E-state index contributed by atoms with van der Waals surface area (Å²) in [7, 11) is -4.59. The van der Waals surface area contributed by atoms with E-state index in [0.717, 1.165) is 6.08 Å². The van der Waals surface area contributed by atoms with Crippen molar-refractivity contribution in [2.45, 2.75) is 11.8 Å². The first kappa shape index (κ1) is 16.6. The summed E-state index contributed by atoms with van der Waals surface area (Å²) in [4.78, 5) is 9.95. The Kier molecular flexibility index (Phi) is 5.23. The fraction of sp³-hybridized carbons (Fsp3) is 0.200. The number of carbonyl (C=O) groups excluding carboxylic acids is 1. The fourth-order valence-corrected chi connectivity index (χ4v) is 2.47. The summed E-state index contributed by atoms with van der Waals surface area (Å²) in [6.07, 6.45) is 1.000. The monoisotopic (exact) mass is 390 g/mol. The van der Waals surface area contributed by atoms with Crippen molar-refractivity contribution >= 4 is 33.2 Å². The molecule has 111 valence electrons. The SMILES string of the molecule is CCOc1c(C=C=O)cc2[nH]nnc2c1S(=O)(=O)O.[Ag]. The van der Waals surface area contributed by atoms with Crippen LogP contribution in [0.4, 0.5) is 0 Å². The van der Waals surface area contributed by atoms with E-state index in [0.29, 0.717) is 0 Å². The van der Waals surface area contributed by atoms with E-state index in [1.807, 2.05) is 0 Å². The second kappa shape index (κ2) is 6.31. The van der Waals surface area contributed by atoms with Crippen LogP contribution in [0.25, 0.3) is 17.1 Å². The molecule has 10 heteroatoms. The van der Waals surface area contributed by atoms with Gasteiger partial charge in [-0.25, -0.2) is 4.79 Å². The summed E-state index contributed by atoms with van der Waals surface area (Å²) in [5.41, 5.74) is 0.342. The van der Waals surface area contributed by atoms with Crippen LogP contribution >= 0.6 is 0 Å². The molecular formula is C10H9AgN3O5S. The minimum absolute atomic E-state index is 0. The third-order valence-electron chi connectivity index (χ3n) is 2.32. The van der Waals surface area contributed by atoms with Crippen molar-refractivity contribution in [1.82, 2.24) is 15.4 Å². The van der Waals surface area contributed by atoms with Gasteiger partial charge in [0.1, 0.15) is 11.5 Å². The van der Waals surface area contributed by atoms with Gasteiger partial charge in [-0.2, -0.15) is 8.42 Å². The molecule has 0 atom stereocenters. The zero-order chi connectivity index (χ0) is 14.0. The van der Waals surface area contributed by atoms with Gasteiger partial charge >= 0.3 is 10.1 Å². The second-order valence-electron chi connectivity index (χ2n) is 3.50. The second-order valence-corrected chi connectivity index (χ2v) is 4.86. The van der Waals surface area contributed by atoms with Crippen LogP contribution in [0.3, 0.4) is 0 Å². The number of rotatable bonds is 4. The van der Waals surface area contributed by atoms with Crippen LogP contribution in [-0.2, 0) is 37.3 Å². The van der Waals surface area contributed by atoms with E-state index in [9.17, 15) is 17.8 Å². The molecule has 1 aromatic carbocycles. The molecule has 0 bridgehead atoms. The maximum Gasteiger partial charge on any atom is 0.300 e. The Bertz CT molecular complexity index is 780. The van der Waals surface area contributed by atoms with Crippen LogP contribution in [0.1, 0.15) is 12.5 Å². The van der Waals surface area contributed by atoms with Gasteiger partial charge in [-0.15, -0.1) is 5.10 Å². The molecule has 8 nitrogen and oxygen atoms in total. The summed E-state index contributed by atoms with van der Waals surface area (Å²) in [5, 5.41) is 9.51. The van der Waals surface area contributed by atoms with Crippen LogP contribution in [-0.4, -0.2) is 40.9 Å². The van der Waals surface area contributed by atoms with Gasteiger partial charge in [0.15, 0.2) is 10.6 Å². The van der Waals surface area contributed by atoms with E-state index in [2.05, 4.69) is 15.4 Å². The number of nitrogens with one attached hydrogen (secondary N) is 1. The number of fused-ring (bicyclic) bond motifs is 1. The zero-order valence-corrected chi connectivity index (χ0v) is 12.3. The Hall–Kier alpha value is -1.48. The molecule has 2 N–H and O–H groups in total. The molecule has 0 unspecified atom stereocenters. The maximum atomic E-state index is 11.5. The maximum absolute atomic E-state index is 11.5. The molecule has 1 aromatic heterocycles. The molecule has 1 heterocycles. The van der Waals surface area contributed by atoms with Gasteiger partial charge < -0.3 is 4.74 Å². The number of ether oxygens (including phenoxy) is 1. The average molecular weight is 391 g/mol. The molecule has 1 radical (unpaired) electrons. The van der Waals surface area contributed by atoms with Crippen molar-refractivity contribution in [1.29, 1.82) is 0 Å². The number of aromatic amines is 1. The zero-order valence-electron chi connectivity index (χ0n) is 10.0.